The standard InChI is InChI=1S/C12H11ClN6O/c13-8-2-1-3-16-10(8)11-18-12(20-19-11)9(14)4-7-5-15-6-17-7/h1-3,5-6,9H,4,14H2,(H,15,17)/t9-/m1/s1. The van der Waals surface area contributed by atoms with E-state index in [4.69, 9.17) is 21.9 Å². The van der Waals surface area contributed by atoms with Gasteiger partial charge in [0.1, 0.15) is 5.69 Å². The fourth-order valence-electron chi connectivity index (χ4n) is 1.75. The average Bonchev–Trinajstić information content (AvgIpc) is 3.10. The predicted molar refractivity (Wildman–Crippen MR) is 71.8 cm³/mol. The fraction of sp³-hybridized carbons (Fsp3) is 0.167. The zero-order valence-corrected chi connectivity index (χ0v) is 11.1. The SMILES string of the molecule is N[C@H](Cc1cnc[nH]1)c1nc(-c2ncccc2Cl)no1. The van der Waals surface area contributed by atoms with Crippen molar-refractivity contribution in [3.05, 3.63) is 47.5 Å². The molecule has 0 saturated carbocycles. The maximum absolute atomic E-state index is 6.03. The molecular formula is C12H11ClN6O. The number of aromatic amines is 1. The van der Waals surface area contributed by atoms with Gasteiger partial charge in [-0.15, -0.1) is 0 Å². The van der Waals surface area contributed by atoms with E-state index in [1.54, 1.807) is 30.9 Å². The third-order valence-corrected chi connectivity index (χ3v) is 3.03. The van der Waals surface area contributed by atoms with Crippen LogP contribution in [-0.2, 0) is 6.42 Å². The van der Waals surface area contributed by atoms with Crippen molar-refractivity contribution in [2.45, 2.75) is 12.5 Å². The van der Waals surface area contributed by atoms with Crippen molar-refractivity contribution < 1.29 is 4.52 Å². The number of hydrogen-bond donors (Lipinski definition) is 2. The first-order valence-electron chi connectivity index (χ1n) is 5.91. The van der Waals surface area contributed by atoms with E-state index in [1.165, 1.54) is 0 Å². The number of hydrogen-bond acceptors (Lipinski definition) is 6. The average molecular weight is 291 g/mol. The van der Waals surface area contributed by atoms with Crippen LogP contribution in [0, 0.1) is 0 Å². The lowest BCUT2D eigenvalue weighted by Crippen LogP contribution is -2.14. The molecule has 0 fully saturated rings. The van der Waals surface area contributed by atoms with Crippen molar-refractivity contribution in [1.29, 1.82) is 0 Å². The number of aromatic nitrogens is 5. The van der Waals surface area contributed by atoms with Gasteiger partial charge in [0.15, 0.2) is 0 Å². The van der Waals surface area contributed by atoms with Gasteiger partial charge in [0.05, 0.1) is 17.4 Å². The lowest BCUT2D eigenvalue weighted by Gasteiger charge is -2.03. The maximum Gasteiger partial charge on any atom is 0.244 e. The Morgan fingerprint density at radius 2 is 2.35 bits per heavy atom. The number of nitrogens with zero attached hydrogens (tertiary/aromatic N) is 4. The summed E-state index contributed by atoms with van der Waals surface area (Å²) in [5, 5.41) is 4.32. The van der Waals surface area contributed by atoms with Gasteiger partial charge in [-0.3, -0.25) is 4.98 Å². The predicted octanol–water partition coefficient (Wildman–Crippen LogP) is 1.75. The van der Waals surface area contributed by atoms with Gasteiger partial charge in [-0.05, 0) is 12.1 Å². The molecule has 0 spiro atoms. The van der Waals surface area contributed by atoms with Crippen molar-refractivity contribution in [2.24, 2.45) is 5.73 Å². The second-order valence-electron chi connectivity index (χ2n) is 4.18. The number of nitrogens with one attached hydrogen (secondary N) is 1. The molecule has 0 radical (unpaired) electrons. The first-order chi connectivity index (χ1) is 9.74. The van der Waals surface area contributed by atoms with Gasteiger partial charge in [0.2, 0.25) is 11.7 Å². The van der Waals surface area contributed by atoms with E-state index < -0.39 is 6.04 Å². The second-order valence-corrected chi connectivity index (χ2v) is 4.58. The van der Waals surface area contributed by atoms with Crippen molar-refractivity contribution in [3.8, 4) is 11.5 Å². The zero-order chi connectivity index (χ0) is 13.9. The van der Waals surface area contributed by atoms with E-state index in [2.05, 4.69) is 25.1 Å². The Labute approximate surface area is 119 Å². The largest absolute Gasteiger partial charge is 0.348 e. The number of nitrogens with two attached hydrogens (primary N) is 1. The van der Waals surface area contributed by atoms with Gasteiger partial charge in [-0.2, -0.15) is 4.98 Å². The minimum atomic E-state index is -0.417. The third kappa shape index (κ3) is 2.54. The van der Waals surface area contributed by atoms with E-state index in [-0.39, 0.29) is 0 Å². The van der Waals surface area contributed by atoms with Crippen LogP contribution in [-0.4, -0.2) is 25.1 Å². The van der Waals surface area contributed by atoms with Crippen LogP contribution in [0.1, 0.15) is 17.6 Å². The Bertz CT molecular complexity index is 696. The summed E-state index contributed by atoms with van der Waals surface area (Å²) >= 11 is 6.03. The topological polar surface area (TPSA) is 107 Å². The highest BCUT2D eigenvalue weighted by molar-refractivity contribution is 6.32. The lowest BCUT2D eigenvalue weighted by molar-refractivity contribution is 0.354. The smallest absolute Gasteiger partial charge is 0.244 e. The van der Waals surface area contributed by atoms with Crippen LogP contribution in [0.5, 0.6) is 0 Å². The molecule has 20 heavy (non-hydrogen) atoms. The van der Waals surface area contributed by atoms with Gasteiger partial charge < -0.3 is 15.2 Å². The first-order valence-corrected chi connectivity index (χ1v) is 6.29. The van der Waals surface area contributed by atoms with Gasteiger partial charge in [0.25, 0.3) is 0 Å². The second kappa shape index (κ2) is 5.40. The fourth-order valence-corrected chi connectivity index (χ4v) is 1.96. The molecule has 7 nitrogen and oxygen atoms in total. The summed E-state index contributed by atoms with van der Waals surface area (Å²) in [6.45, 7) is 0. The van der Waals surface area contributed by atoms with Crippen LogP contribution >= 0.6 is 11.6 Å². The summed E-state index contributed by atoms with van der Waals surface area (Å²) in [6, 6.07) is 3.03. The summed E-state index contributed by atoms with van der Waals surface area (Å²) in [7, 11) is 0. The molecule has 0 bridgehead atoms. The summed E-state index contributed by atoms with van der Waals surface area (Å²) < 4.78 is 5.17. The van der Waals surface area contributed by atoms with Gasteiger partial charge >= 0.3 is 0 Å². The molecule has 1 atom stereocenters. The number of halogens is 1. The van der Waals surface area contributed by atoms with Crippen LogP contribution in [0.25, 0.3) is 11.5 Å². The molecule has 3 rings (SSSR count). The van der Waals surface area contributed by atoms with E-state index in [9.17, 15) is 0 Å². The van der Waals surface area contributed by atoms with E-state index >= 15 is 0 Å². The normalized spacial score (nSPS) is 12.5. The van der Waals surface area contributed by atoms with Gasteiger partial charge in [-0.25, -0.2) is 4.98 Å². The lowest BCUT2D eigenvalue weighted by atomic mass is 10.2. The molecular weight excluding hydrogens is 280 g/mol. The van der Waals surface area contributed by atoms with Crippen LogP contribution < -0.4 is 5.73 Å². The van der Waals surface area contributed by atoms with Crippen molar-refractivity contribution in [1.82, 2.24) is 25.1 Å². The van der Waals surface area contributed by atoms with Crippen molar-refractivity contribution in [2.75, 3.05) is 0 Å². The van der Waals surface area contributed by atoms with Crippen LogP contribution in [0.4, 0.5) is 0 Å². The first kappa shape index (κ1) is 12.8. The molecule has 3 aromatic heterocycles. The number of rotatable bonds is 4. The monoisotopic (exact) mass is 290 g/mol. The van der Waals surface area contributed by atoms with E-state index in [0.29, 0.717) is 28.9 Å². The van der Waals surface area contributed by atoms with E-state index in [1.807, 2.05) is 0 Å². The Hall–Kier alpha value is -2.25. The zero-order valence-electron chi connectivity index (χ0n) is 10.3. The molecule has 0 saturated heterocycles. The summed E-state index contributed by atoms with van der Waals surface area (Å²) in [4.78, 5) is 15.3. The molecule has 3 aromatic rings. The molecule has 0 aromatic carbocycles. The Morgan fingerprint density at radius 3 is 3.10 bits per heavy atom. The molecule has 0 aliphatic carbocycles. The van der Waals surface area contributed by atoms with E-state index in [0.717, 1.165) is 5.69 Å². The van der Waals surface area contributed by atoms with Gasteiger partial charge in [0, 0.05) is 24.5 Å². The third-order valence-electron chi connectivity index (χ3n) is 2.72. The van der Waals surface area contributed by atoms with Gasteiger partial charge in [-0.1, -0.05) is 16.8 Å². The maximum atomic E-state index is 6.03. The quantitative estimate of drug-likeness (QED) is 0.758. The summed E-state index contributed by atoms with van der Waals surface area (Å²) in [5.41, 5.74) is 7.38. The summed E-state index contributed by atoms with van der Waals surface area (Å²) in [6.07, 6.45) is 5.43. The number of pyridine rings is 1. The molecule has 8 heteroatoms. The Balaban J connectivity index is 1.81. The summed E-state index contributed by atoms with van der Waals surface area (Å²) in [5.74, 6) is 0.655. The minimum Gasteiger partial charge on any atom is -0.348 e. The highest BCUT2D eigenvalue weighted by Gasteiger charge is 2.18. The minimum absolute atomic E-state index is 0.325. The molecule has 102 valence electrons. The molecule has 0 unspecified atom stereocenters. The molecule has 0 aliphatic heterocycles. The highest BCUT2D eigenvalue weighted by Crippen LogP contribution is 2.23. The Morgan fingerprint density at radius 1 is 1.45 bits per heavy atom. The molecule has 0 amide bonds. The van der Waals surface area contributed by atoms with Crippen LogP contribution in [0.2, 0.25) is 5.02 Å². The van der Waals surface area contributed by atoms with Crippen LogP contribution in [0.15, 0.2) is 35.4 Å². The Kier molecular flexibility index (Phi) is 3.44. The van der Waals surface area contributed by atoms with Crippen molar-refractivity contribution in [3.63, 3.8) is 0 Å². The molecule has 0 aliphatic rings. The molecule has 3 heterocycles. The highest BCUT2D eigenvalue weighted by atomic mass is 35.5. The molecule has 3 N–H and O–H groups in total. The van der Waals surface area contributed by atoms with Crippen LogP contribution in [0.3, 0.4) is 0 Å². The number of H-pyrrole nitrogens is 1. The number of imidazole rings is 1. The van der Waals surface area contributed by atoms with Crippen molar-refractivity contribution >= 4 is 11.6 Å².